The second-order valence-electron chi connectivity index (χ2n) is 8.74. The van der Waals surface area contributed by atoms with Crippen molar-refractivity contribution in [3.05, 3.63) is 28.8 Å². The minimum atomic E-state index is 0.0747. The van der Waals surface area contributed by atoms with Crippen LogP contribution < -0.4 is 5.73 Å². The number of anilines is 1. The van der Waals surface area contributed by atoms with Gasteiger partial charge in [0.05, 0.1) is 0 Å². The molecule has 0 aliphatic rings. The molecule has 0 bridgehead atoms. The molecule has 1 rings (SSSR count). The van der Waals surface area contributed by atoms with Gasteiger partial charge < -0.3 is 5.73 Å². The fraction of sp³-hybridized carbons (Fsp3) is 0.667. The molecule has 1 aromatic rings. The molecule has 0 fully saturated rings. The van der Waals surface area contributed by atoms with Crippen LogP contribution in [-0.2, 0) is 16.2 Å². The SMILES string of the molecule is CC(C)(C)c1cc(C(C)(C)C)c(N)c(C(C)(C)C)c1. The first-order valence-electron chi connectivity index (χ1n) is 7.19. The number of rotatable bonds is 0. The van der Waals surface area contributed by atoms with Crippen LogP contribution in [0.25, 0.3) is 0 Å². The maximum absolute atomic E-state index is 6.47. The Morgan fingerprint density at radius 2 is 0.947 bits per heavy atom. The largest absolute Gasteiger partial charge is 0.398 e. The molecule has 1 nitrogen and oxygen atoms in total. The Balaban J connectivity index is 3.68. The van der Waals surface area contributed by atoms with Crippen molar-refractivity contribution >= 4 is 5.69 Å². The van der Waals surface area contributed by atoms with Crippen molar-refractivity contribution in [1.29, 1.82) is 0 Å². The third-order valence-corrected chi connectivity index (χ3v) is 3.66. The molecule has 108 valence electrons. The maximum atomic E-state index is 6.47. The van der Waals surface area contributed by atoms with Crippen molar-refractivity contribution in [2.24, 2.45) is 0 Å². The molecule has 1 heteroatoms. The summed E-state index contributed by atoms with van der Waals surface area (Å²) in [5, 5.41) is 0. The molecule has 1 aromatic carbocycles. The number of hydrogen-bond acceptors (Lipinski definition) is 1. The Hall–Kier alpha value is -0.980. The van der Waals surface area contributed by atoms with E-state index in [1.807, 2.05) is 0 Å². The van der Waals surface area contributed by atoms with Gasteiger partial charge in [0.1, 0.15) is 0 Å². The van der Waals surface area contributed by atoms with Crippen LogP contribution >= 0.6 is 0 Å². The summed E-state index contributed by atoms with van der Waals surface area (Å²) < 4.78 is 0. The highest BCUT2D eigenvalue weighted by atomic mass is 14.6. The van der Waals surface area contributed by atoms with Crippen LogP contribution in [0.1, 0.15) is 79.0 Å². The van der Waals surface area contributed by atoms with Gasteiger partial charge in [-0.1, -0.05) is 74.4 Å². The Bertz CT molecular complexity index is 427. The van der Waals surface area contributed by atoms with Crippen molar-refractivity contribution in [1.82, 2.24) is 0 Å². The molecule has 0 saturated heterocycles. The molecule has 0 aliphatic carbocycles. The Kier molecular flexibility index (Phi) is 3.84. The molecule has 0 unspecified atom stereocenters. The first-order valence-corrected chi connectivity index (χ1v) is 7.19. The van der Waals surface area contributed by atoms with Crippen molar-refractivity contribution in [3.63, 3.8) is 0 Å². The molecular weight excluding hydrogens is 230 g/mol. The van der Waals surface area contributed by atoms with E-state index in [1.54, 1.807) is 0 Å². The highest BCUT2D eigenvalue weighted by Crippen LogP contribution is 2.39. The third-order valence-electron chi connectivity index (χ3n) is 3.66. The summed E-state index contributed by atoms with van der Waals surface area (Å²) in [6.45, 7) is 20.2. The van der Waals surface area contributed by atoms with E-state index in [0.29, 0.717) is 0 Å². The molecule has 0 amide bonds. The van der Waals surface area contributed by atoms with E-state index in [-0.39, 0.29) is 16.2 Å². The first-order chi connectivity index (χ1) is 8.24. The van der Waals surface area contributed by atoms with E-state index >= 15 is 0 Å². The molecule has 0 spiro atoms. The van der Waals surface area contributed by atoms with Crippen LogP contribution in [0.4, 0.5) is 5.69 Å². The molecule has 0 heterocycles. The lowest BCUT2D eigenvalue weighted by atomic mass is 9.74. The van der Waals surface area contributed by atoms with Gasteiger partial charge in [-0.2, -0.15) is 0 Å². The normalized spacial score (nSPS) is 13.7. The molecular formula is C18H31N. The second-order valence-corrected chi connectivity index (χ2v) is 8.74. The van der Waals surface area contributed by atoms with Crippen LogP contribution in [0.15, 0.2) is 12.1 Å². The first kappa shape index (κ1) is 16.1. The van der Waals surface area contributed by atoms with Gasteiger partial charge in [0.25, 0.3) is 0 Å². The van der Waals surface area contributed by atoms with E-state index in [2.05, 4.69) is 74.4 Å². The monoisotopic (exact) mass is 261 g/mol. The fourth-order valence-electron chi connectivity index (χ4n) is 2.33. The summed E-state index contributed by atoms with van der Waals surface area (Å²) in [5.74, 6) is 0. The topological polar surface area (TPSA) is 26.0 Å². The third kappa shape index (κ3) is 3.52. The van der Waals surface area contributed by atoms with Crippen LogP contribution in [0, 0.1) is 0 Å². The van der Waals surface area contributed by atoms with E-state index in [9.17, 15) is 0 Å². The van der Waals surface area contributed by atoms with Gasteiger partial charge in [-0.15, -0.1) is 0 Å². The smallest absolute Gasteiger partial charge is 0.0390 e. The van der Waals surface area contributed by atoms with Gasteiger partial charge in [-0.25, -0.2) is 0 Å². The zero-order valence-corrected chi connectivity index (χ0v) is 14.2. The average molecular weight is 261 g/mol. The Labute approximate surface area is 119 Å². The van der Waals surface area contributed by atoms with Crippen molar-refractivity contribution < 1.29 is 0 Å². The summed E-state index contributed by atoms with van der Waals surface area (Å²) in [6, 6.07) is 4.59. The van der Waals surface area contributed by atoms with Crippen molar-refractivity contribution in [3.8, 4) is 0 Å². The number of nitrogens with two attached hydrogens (primary N) is 1. The highest BCUT2D eigenvalue weighted by Gasteiger charge is 2.27. The predicted molar refractivity (Wildman–Crippen MR) is 87.0 cm³/mol. The Morgan fingerprint density at radius 3 is 1.16 bits per heavy atom. The maximum Gasteiger partial charge on any atom is 0.0390 e. The Morgan fingerprint density at radius 1 is 0.632 bits per heavy atom. The number of benzene rings is 1. The zero-order valence-electron chi connectivity index (χ0n) is 14.2. The summed E-state index contributed by atoms with van der Waals surface area (Å²) in [6.07, 6.45) is 0. The van der Waals surface area contributed by atoms with Gasteiger partial charge in [-0.3, -0.25) is 0 Å². The quantitative estimate of drug-likeness (QED) is 0.641. The average Bonchev–Trinajstić information content (AvgIpc) is 2.11. The van der Waals surface area contributed by atoms with E-state index in [4.69, 9.17) is 5.73 Å². The predicted octanol–water partition coefficient (Wildman–Crippen LogP) is 5.16. The number of hydrogen-bond donors (Lipinski definition) is 1. The molecule has 0 aliphatic heterocycles. The van der Waals surface area contributed by atoms with E-state index in [0.717, 1.165) is 5.69 Å². The minimum Gasteiger partial charge on any atom is -0.398 e. The van der Waals surface area contributed by atoms with Crippen LogP contribution in [0.5, 0.6) is 0 Å². The van der Waals surface area contributed by atoms with Gasteiger partial charge in [0, 0.05) is 5.69 Å². The lowest BCUT2D eigenvalue weighted by molar-refractivity contribution is 0.551. The molecule has 2 N–H and O–H groups in total. The van der Waals surface area contributed by atoms with Crippen LogP contribution in [-0.4, -0.2) is 0 Å². The zero-order chi connectivity index (χ0) is 15.2. The highest BCUT2D eigenvalue weighted by molar-refractivity contribution is 5.61. The van der Waals surface area contributed by atoms with Crippen molar-refractivity contribution in [2.75, 3.05) is 5.73 Å². The van der Waals surface area contributed by atoms with E-state index in [1.165, 1.54) is 16.7 Å². The molecule has 19 heavy (non-hydrogen) atoms. The van der Waals surface area contributed by atoms with Crippen molar-refractivity contribution in [2.45, 2.75) is 78.6 Å². The molecule has 0 aromatic heterocycles. The summed E-state index contributed by atoms with van der Waals surface area (Å²) in [5.41, 5.74) is 11.6. The molecule has 0 saturated carbocycles. The fourth-order valence-corrected chi connectivity index (χ4v) is 2.33. The van der Waals surface area contributed by atoms with Gasteiger partial charge in [-0.05, 0) is 32.9 Å². The lowest BCUT2D eigenvalue weighted by Gasteiger charge is -2.32. The summed E-state index contributed by atoms with van der Waals surface area (Å²) in [7, 11) is 0. The van der Waals surface area contributed by atoms with Gasteiger partial charge in [0.15, 0.2) is 0 Å². The second kappa shape index (κ2) is 4.54. The number of nitrogen functional groups attached to an aromatic ring is 1. The minimum absolute atomic E-state index is 0.0747. The molecule has 0 atom stereocenters. The van der Waals surface area contributed by atoms with Gasteiger partial charge >= 0.3 is 0 Å². The standard InChI is InChI=1S/C18H31N/c1-16(2,3)12-10-13(17(4,5)6)15(19)14(11-12)18(7,8)9/h10-11H,19H2,1-9H3. The summed E-state index contributed by atoms with van der Waals surface area (Å²) in [4.78, 5) is 0. The lowest BCUT2D eigenvalue weighted by Crippen LogP contribution is -2.23. The van der Waals surface area contributed by atoms with Crippen LogP contribution in [0.2, 0.25) is 0 Å². The van der Waals surface area contributed by atoms with Crippen LogP contribution in [0.3, 0.4) is 0 Å². The molecule has 0 radical (unpaired) electrons. The summed E-state index contributed by atoms with van der Waals surface area (Å²) >= 11 is 0. The van der Waals surface area contributed by atoms with E-state index < -0.39 is 0 Å². The van der Waals surface area contributed by atoms with Gasteiger partial charge in [0.2, 0.25) is 0 Å².